The van der Waals surface area contributed by atoms with Crippen LogP contribution in [0, 0.1) is 12.8 Å². The van der Waals surface area contributed by atoms with Gasteiger partial charge in [0.1, 0.15) is 5.69 Å². The minimum Gasteiger partial charge on any atom is -0.356 e. The molecule has 2 amide bonds. The lowest BCUT2D eigenvalue weighted by Crippen LogP contribution is -2.47. The van der Waals surface area contributed by atoms with Crippen LogP contribution in [-0.4, -0.2) is 45.8 Å². The first kappa shape index (κ1) is 16.9. The van der Waals surface area contributed by atoms with Gasteiger partial charge in [0.2, 0.25) is 5.91 Å². The van der Waals surface area contributed by atoms with E-state index in [9.17, 15) is 9.59 Å². The lowest BCUT2D eigenvalue weighted by atomic mass is 10.00. The summed E-state index contributed by atoms with van der Waals surface area (Å²) in [4.78, 5) is 35.8. The highest BCUT2D eigenvalue weighted by Crippen LogP contribution is 2.31. The molecule has 3 rings (SSSR count). The Balaban J connectivity index is 1.84. The second kappa shape index (κ2) is 7.73. The van der Waals surface area contributed by atoms with Crippen molar-refractivity contribution in [3.05, 3.63) is 23.8 Å². The fourth-order valence-corrected chi connectivity index (χ4v) is 3.79. The van der Waals surface area contributed by atoms with Crippen molar-refractivity contribution in [2.75, 3.05) is 13.1 Å². The highest BCUT2D eigenvalue weighted by Gasteiger charge is 2.39. The number of hydrogen-bond donors (Lipinski definition) is 1. The zero-order valence-corrected chi connectivity index (χ0v) is 14.3. The van der Waals surface area contributed by atoms with Gasteiger partial charge in [0.15, 0.2) is 0 Å². The minimum atomic E-state index is -0.0922. The molecule has 130 valence electrons. The molecule has 0 aromatic carbocycles. The molecule has 0 bridgehead atoms. The number of aromatic nitrogens is 2. The van der Waals surface area contributed by atoms with Gasteiger partial charge in [-0.2, -0.15) is 0 Å². The number of nitrogens with zero attached hydrogens (tertiary/aromatic N) is 3. The molecule has 6 heteroatoms. The summed E-state index contributed by atoms with van der Waals surface area (Å²) in [6, 6.07) is -0.0151. The molecule has 2 atom stereocenters. The molecule has 1 aliphatic carbocycles. The molecule has 0 radical (unpaired) electrons. The van der Waals surface area contributed by atoms with E-state index in [-0.39, 0.29) is 23.8 Å². The molecule has 1 aromatic rings. The third kappa shape index (κ3) is 3.74. The van der Waals surface area contributed by atoms with E-state index in [4.69, 9.17) is 0 Å². The van der Waals surface area contributed by atoms with Crippen LogP contribution in [0.25, 0.3) is 0 Å². The maximum Gasteiger partial charge on any atom is 0.274 e. The van der Waals surface area contributed by atoms with Crippen LogP contribution in [0.5, 0.6) is 0 Å². The fourth-order valence-electron chi connectivity index (χ4n) is 3.79. The van der Waals surface area contributed by atoms with Crippen molar-refractivity contribution >= 4 is 11.8 Å². The van der Waals surface area contributed by atoms with Crippen molar-refractivity contribution in [2.45, 2.75) is 57.9 Å². The van der Waals surface area contributed by atoms with Crippen LogP contribution < -0.4 is 5.32 Å². The number of hydrogen-bond acceptors (Lipinski definition) is 4. The Kier molecular flexibility index (Phi) is 5.43. The Labute approximate surface area is 143 Å². The first-order valence-electron chi connectivity index (χ1n) is 9.04. The largest absolute Gasteiger partial charge is 0.356 e. The van der Waals surface area contributed by atoms with Crippen molar-refractivity contribution in [2.24, 2.45) is 5.92 Å². The van der Waals surface area contributed by atoms with Gasteiger partial charge in [0.05, 0.1) is 17.8 Å². The molecule has 1 saturated carbocycles. The summed E-state index contributed by atoms with van der Waals surface area (Å²) in [5.41, 5.74) is 1.17. The second-order valence-electron chi connectivity index (χ2n) is 6.85. The van der Waals surface area contributed by atoms with Crippen LogP contribution in [-0.2, 0) is 4.79 Å². The molecule has 2 heterocycles. The first-order valence-corrected chi connectivity index (χ1v) is 9.04. The number of nitrogens with one attached hydrogen (secondary N) is 1. The Morgan fingerprint density at radius 3 is 2.75 bits per heavy atom. The van der Waals surface area contributed by atoms with E-state index >= 15 is 0 Å². The first-order chi connectivity index (χ1) is 11.7. The van der Waals surface area contributed by atoms with Crippen LogP contribution in [0.3, 0.4) is 0 Å². The van der Waals surface area contributed by atoms with Crippen molar-refractivity contribution < 1.29 is 9.59 Å². The van der Waals surface area contributed by atoms with Gasteiger partial charge in [-0.25, -0.2) is 4.98 Å². The Morgan fingerprint density at radius 2 is 1.96 bits per heavy atom. The summed E-state index contributed by atoms with van der Waals surface area (Å²) in [6.45, 7) is 3.30. The molecule has 1 aliphatic heterocycles. The topological polar surface area (TPSA) is 75.2 Å². The second-order valence-corrected chi connectivity index (χ2v) is 6.85. The number of fused-ring (bicyclic) bond motifs is 1. The van der Waals surface area contributed by atoms with Gasteiger partial charge in [-0.3, -0.25) is 14.6 Å². The minimum absolute atomic E-state index is 0.0151. The average molecular weight is 330 g/mol. The Hall–Kier alpha value is -1.98. The molecule has 0 spiro atoms. The molecule has 2 fully saturated rings. The summed E-state index contributed by atoms with van der Waals surface area (Å²) in [5, 5.41) is 3.05. The molecular weight excluding hydrogens is 304 g/mol. The van der Waals surface area contributed by atoms with Crippen LogP contribution in [0.1, 0.15) is 61.1 Å². The SMILES string of the molecule is Cc1cnc(C(=O)N2CCCCCCNC(=O)[C@@H]3CCC[C@@H]32)cn1. The van der Waals surface area contributed by atoms with Crippen molar-refractivity contribution in [1.29, 1.82) is 0 Å². The van der Waals surface area contributed by atoms with Crippen LogP contribution in [0.2, 0.25) is 0 Å². The van der Waals surface area contributed by atoms with Gasteiger partial charge in [-0.15, -0.1) is 0 Å². The third-order valence-electron chi connectivity index (χ3n) is 5.10. The van der Waals surface area contributed by atoms with Crippen molar-refractivity contribution in [1.82, 2.24) is 20.2 Å². The van der Waals surface area contributed by atoms with Crippen molar-refractivity contribution in [3.8, 4) is 0 Å². The number of aryl methyl sites for hydroxylation is 1. The fraction of sp³-hybridized carbons (Fsp3) is 0.667. The van der Waals surface area contributed by atoms with E-state index < -0.39 is 0 Å². The lowest BCUT2D eigenvalue weighted by molar-refractivity contribution is -0.126. The monoisotopic (exact) mass is 330 g/mol. The maximum atomic E-state index is 13.0. The number of carbonyl (C=O) groups excluding carboxylic acids is 2. The van der Waals surface area contributed by atoms with Gasteiger partial charge >= 0.3 is 0 Å². The number of carbonyl (C=O) groups is 2. The number of rotatable bonds is 1. The van der Waals surface area contributed by atoms with E-state index in [0.29, 0.717) is 12.2 Å². The third-order valence-corrected chi connectivity index (χ3v) is 5.10. The molecule has 1 saturated heterocycles. The normalized spacial score (nSPS) is 25.5. The molecular formula is C18H26N4O2. The predicted molar refractivity (Wildman–Crippen MR) is 90.4 cm³/mol. The summed E-state index contributed by atoms with van der Waals surface area (Å²) in [5.74, 6) is -0.0795. The zero-order valence-electron chi connectivity index (χ0n) is 14.3. The van der Waals surface area contributed by atoms with Gasteiger partial charge < -0.3 is 10.2 Å². The van der Waals surface area contributed by atoms with Gasteiger partial charge in [-0.1, -0.05) is 19.3 Å². The summed E-state index contributed by atoms with van der Waals surface area (Å²) in [7, 11) is 0. The molecule has 6 nitrogen and oxygen atoms in total. The van der Waals surface area contributed by atoms with Crippen LogP contribution >= 0.6 is 0 Å². The Bertz CT molecular complexity index is 587. The smallest absolute Gasteiger partial charge is 0.274 e. The van der Waals surface area contributed by atoms with Crippen molar-refractivity contribution in [3.63, 3.8) is 0 Å². The van der Waals surface area contributed by atoms with Gasteiger partial charge in [0, 0.05) is 25.3 Å². The maximum absolute atomic E-state index is 13.0. The molecule has 2 aliphatic rings. The van der Waals surface area contributed by atoms with Gasteiger partial charge in [0.25, 0.3) is 5.91 Å². The highest BCUT2D eigenvalue weighted by molar-refractivity contribution is 5.93. The lowest BCUT2D eigenvalue weighted by Gasteiger charge is -2.32. The van der Waals surface area contributed by atoms with E-state index in [1.807, 2.05) is 11.8 Å². The summed E-state index contributed by atoms with van der Waals surface area (Å²) >= 11 is 0. The predicted octanol–water partition coefficient (Wildman–Crippen LogP) is 2.09. The zero-order chi connectivity index (χ0) is 16.9. The summed E-state index contributed by atoms with van der Waals surface area (Å²) in [6.07, 6.45) is 10.1. The van der Waals surface area contributed by atoms with E-state index in [0.717, 1.165) is 57.2 Å². The molecule has 1 aromatic heterocycles. The standard InChI is InChI=1S/C18H26N4O2/c1-13-11-21-15(12-20-13)18(24)22-10-5-3-2-4-9-19-17(23)14-7-6-8-16(14)22/h11-12,14,16H,2-10H2,1H3,(H,19,23)/t14-,16+/m1/s1. The van der Waals surface area contributed by atoms with E-state index in [1.54, 1.807) is 12.4 Å². The molecule has 24 heavy (non-hydrogen) atoms. The van der Waals surface area contributed by atoms with Crippen LogP contribution in [0.15, 0.2) is 12.4 Å². The van der Waals surface area contributed by atoms with Gasteiger partial charge in [-0.05, 0) is 32.6 Å². The van der Waals surface area contributed by atoms with E-state index in [2.05, 4.69) is 15.3 Å². The summed E-state index contributed by atoms with van der Waals surface area (Å²) < 4.78 is 0. The van der Waals surface area contributed by atoms with Crippen LogP contribution in [0.4, 0.5) is 0 Å². The van der Waals surface area contributed by atoms with E-state index in [1.165, 1.54) is 0 Å². The molecule has 1 N–H and O–H groups in total. The number of amides is 2. The highest BCUT2D eigenvalue weighted by atomic mass is 16.2. The quantitative estimate of drug-likeness (QED) is 0.855. The Morgan fingerprint density at radius 1 is 1.12 bits per heavy atom. The molecule has 0 unspecified atom stereocenters. The average Bonchev–Trinajstić information content (AvgIpc) is 3.05.